The molecule has 0 saturated carbocycles. The molecule has 0 unspecified atom stereocenters. The molecule has 23 heavy (non-hydrogen) atoms. The Morgan fingerprint density at radius 2 is 1.74 bits per heavy atom. The zero-order valence-electron chi connectivity index (χ0n) is 12.8. The van der Waals surface area contributed by atoms with E-state index < -0.39 is 0 Å². The summed E-state index contributed by atoms with van der Waals surface area (Å²) >= 11 is 12.1. The van der Waals surface area contributed by atoms with Crippen LogP contribution in [0.2, 0.25) is 10.0 Å². The Balaban J connectivity index is 1.60. The van der Waals surface area contributed by atoms with Crippen molar-refractivity contribution in [2.45, 2.75) is 6.54 Å². The monoisotopic (exact) mass is 349 g/mol. The summed E-state index contributed by atoms with van der Waals surface area (Å²) in [6, 6.07) is 15.5. The SMILES string of the molecule is O=C(c1cc(Cl)ccc1Cl)N1CC[NH+](Cc2ccccc2)CC1. The van der Waals surface area contributed by atoms with Gasteiger partial charge in [-0.1, -0.05) is 53.5 Å². The van der Waals surface area contributed by atoms with Gasteiger partial charge in [-0.05, 0) is 18.2 Å². The lowest BCUT2D eigenvalue weighted by molar-refractivity contribution is -0.917. The van der Waals surface area contributed by atoms with Crippen molar-refractivity contribution in [1.82, 2.24) is 4.90 Å². The maximum Gasteiger partial charge on any atom is 0.255 e. The highest BCUT2D eigenvalue weighted by Crippen LogP contribution is 2.22. The smallest absolute Gasteiger partial charge is 0.255 e. The minimum absolute atomic E-state index is 0.0312. The second-order valence-corrected chi connectivity index (χ2v) is 6.67. The molecule has 1 heterocycles. The standard InChI is InChI=1S/C18H18Cl2N2O/c19-15-6-7-17(20)16(12-15)18(23)22-10-8-21(9-11-22)13-14-4-2-1-3-5-14/h1-7,12H,8-11,13H2/p+1. The predicted molar refractivity (Wildman–Crippen MR) is 93.2 cm³/mol. The summed E-state index contributed by atoms with van der Waals surface area (Å²) in [5.74, 6) is -0.0312. The number of nitrogens with one attached hydrogen (secondary N) is 1. The van der Waals surface area contributed by atoms with E-state index in [4.69, 9.17) is 23.2 Å². The van der Waals surface area contributed by atoms with Crippen molar-refractivity contribution in [1.29, 1.82) is 0 Å². The minimum atomic E-state index is -0.0312. The van der Waals surface area contributed by atoms with Crippen LogP contribution in [-0.2, 0) is 6.54 Å². The van der Waals surface area contributed by atoms with Crippen molar-refractivity contribution in [3.63, 3.8) is 0 Å². The summed E-state index contributed by atoms with van der Waals surface area (Å²) in [6.07, 6.45) is 0. The number of hydrogen-bond donors (Lipinski definition) is 1. The quantitative estimate of drug-likeness (QED) is 0.904. The molecule has 2 aromatic rings. The molecule has 5 heteroatoms. The van der Waals surface area contributed by atoms with Crippen LogP contribution in [0, 0.1) is 0 Å². The fourth-order valence-electron chi connectivity index (χ4n) is 2.92. The van der Waals surface area contributed by atoms with Gasteiger partial charge in [0.1, 0.15) is 6.54 Å². The van der Waals surface area contributed by atoms with Crippen LogP contribution in [0.4, 0.5) is 0 Å². The average Bonchev–Trinajstić information content (AvgIpc) is 2.58. The van der Waals surface area contributed by atoms with Gasteiger partial charge < -0.3 is 9.80 Å². The lowest BCUT2D eigenvalue weighted by Crippen LogP contribution is -3.13. The number of piperazine rings is 1. The molecule has 1 aliphatic heterocycles. The Labute approximate surface area is 146 Å². The molecule has 0 atom stereocenters. The van der Waals surface area contributed by atoms with Gasteiger partial charge >= 0.3 is 0 Å². The van der Waals surface area contributed by atoms with Crippen LogP contribution < -0.4 is 4.90 Å². The van der Waals surface area contributed by atoms with Gasteiger partial charge in [0.05, 0.1) is 36.8 Å². The summed E-state index contributed by atoms with van der Waals surface area (Å²) in [5.41, 5.74) is 1.82. The van der Waals surface area contributed by atoms with Gasteiger partial charge in [0, 0.05) is 10.6 Å². The van der Waals surface area contributed by atoms with Crippen molar-refractivity contribution < 1.29 is 9.69 Å². The molecule has 2 aromatic carbocycles. The third-order valence-corrected chi connectivity index (χ3v) is 4.78. The van der Waals surface area contributed by atoms with Gasteiger partial charge in [-0.25, -0.2) is 0 Å². The summed E-state index contributed by atoms with van der Waals surface area (Å²) < 4.78 is 0. The van der Waals surface area contributed by atoms with Gasteiger partial charge in [-0.3, -0.25) is 4.79 Å². The molecule has 1 amide bonds. The lowest BCUT2D eigenvalue weighted by atomic mass is 10.1. The van der Waals surface area contributed by atoms with Gasteiger partial charge in [0.25, 0.3) is 5.91 Å². The fraction of sp³-hybridized carbons (Fsp3) is 0.278. The van der Waals surface area contributed by atoms with Crippen molar-refractivity contribution in [2.24, 2.45) is 0 Å². The Kier molecular flexibility index (Phi) is 5.21. The first kappa shape index (κ1) is 16.3. The van der Waals surface area contributed by atoms with E-state index in [0.717, 1.165) is 32.7 Å². The Morgan fingerprint density at radius 3 is 2.43 bits per heavy atom. The third-order valence-electron chi connectivity index (χ3n) is 4.21. The van der Waals surface area contributed by atoms with E-state index in [2.05, 4.69) is 24.3 Å². The highest BCUT2D eigenvalue weighted by Gasteiger charge is 2.25. The molecule has 1 N–H and O–H groups in total. The average molecular weight is 350 g/mol. The highest BCUT2D eigenvalue weighted by molar-refractivity contribution is 6.35. The molecule has 0 aliphatic carbocycles. The number of carbonyl (C=O) groups is 1. The molecule has 3 rings (SSSR count). The normalized spacial score (nSPS) is 15.7. The maximum atomic E-state index is 12.6. The van der Waals surface area contributed by atoms with Crippen LogP contribution in [0.25, 0.3) is 0 Å². The Bertz CT molecular complexity index is 683. The minimum Gasteiger partial charge on any atom is -0.328 e. The second-order valence-electron chi connectivity index (χ2n) is 5.83. The summed E-state index contributed by atoms with van der Waals surface area (Å²) in [4.78, 5) is 16.0. The number of halogens is 2. The third kappa shape index (κ3) is 4.05. The van der Waals surface area contributed by atoms with E-state index in [1.807, 2.05) is 11.0 Å². The molecule has 120 valence electrons. The zero-order chi connectivity index (χ0) is 16.2. The van der Waals surface area contributed by atoms with E-state index in [1.165, 1.54) is 10.5 Å². The van der Waals surface area contributed by atoms with E-state index in [9.17, 15) is 4.79 Å². The van der Waals surface area contributed by atoms with Gasteiger partial charge in [-0.15, -0.1) is 0 Å². The number of amides is 1. The second kappa shape index (κ2) is 7.35. The van der Waals surface area contributed by atoms with Gasteiger partial charge in [-0.2, -0.15) is 0 Å². The van der Waals surface area contributed by atoms with Crippen molar-refractivity contribution in [3.05, 3.63) is 69.7 Å². The summed E-state index contributed by atoms with van der Waals surface area (Å²) in [7, 11) is 0. The number of rotatable bonds is 3. The molecule has 1 aliphatic rings. The molecular formula is C18H19Cl2N2O+. The molecule has 0 spiro atoms. The van der Waals surface area contributed by atoms with Crippen molar-refractivity contribution >= 4 is 29.1 Å². The van der Waals surface area contributed by atoms with Crippen LogP contribution in [0.5, 0.6) is 0 Å². The molecular weight excluding hydrogens is 331 g/mol. The van der Waals surface area contributed by atoms with Crippen molar-refractivity contribution in [3.8, 4) is 0 Å². The first-order chi connectivity index (χ1) is 11.1. The predicted octanol–water partition coefficient (Wildman–Crippen LogP) is 2.53. The van der Waals surface area contributed by atoms with Crippen molar-refractivity contribution in [2.75, 3.05) is 26.2 Å². The van der Waals surface area contributed by atoms with E-state index in [-0.39, 0.29) is 5.91 Å². The van der Waals surface area contributed by atoms with E-state index in [1.54, 1.807) is 18.2 Å². The van der Waals surface area contributed by atoms with Gasteiger partial charge in [0.2, 0.25) is 0 Å². The summed E-state index contributed by atoms with van der Waals surface area (Å²) in [6.45, 7) is 4.37. The first-order valence-electron chi connectivity index (χ1n) is 7.75. The highest BCUT2D eigenvalue weighted by atomic mass is 35.5. The van der Waals surface area contributed by atoms with Crippen LogP contribution in [0.1, 0.15) is 15.9 Å². The Hall–Kier alpha value is -1.55. The van der Waals surface area contributed by atoms with Crippen LogP contribution in [0.15, 0.2) is 48.5 Å². The molecule has 0 radical (unpaired) electrons. The number of nitrogens with zero attached hydrogens (tertiary/aromatic N) is 1. The number of carbonyl (C=O) groups excluding carboxylic acids is 1. The maximum absolute atomic E-state index is 12.6. The molecule has 1 saturated heterocycles. The molecule has 1 fully saturated rings. The van der Waals surface area contributed by atoms with Crippen LogP contribution in [0.3, 0.4) is 0 Å². The zero-order valence-corrected chi connectivity index (χ0v) is 14.3. The first-order valence-corrected chi connectivity index (χ1v) is 8.51. The number of benzene rings is 2. The molecule has 0 aromatic heterocycles. The fourth-order valence-corrected chi connectivity index (χ4v) is 3.29. The largest absolute Gasteiger partial charge is 0.328 e. The van der Waals surface area contributed by atoms with E-state index in [0.29, 0.717) is 15.6 Å². The van der Waals surface area contributed by atoms with E-state index >= 15 is 0 Å². The summed E-state index contributed by atoms with van der Waals surface area (Å²) in [5, 5.41) is 0.990. The number of quaternary nitrogens is 1. The van der Waals surface area contributed by atoms with Crippen LogP contribution >= 0.6 is 23.2 Å². The molecule has 0 bridgehead atoms. The van der Waals surface area contributed by atoms with Gasteiger partial charge in [0.15, 0.2) is 0 Å². The lowest BCUT2D eigenvalue weighted by Gasteiger charge is -2.32. The van der Waals surface area contributed by atoms with Crippen LogP contribution in [-0.4, -0.2) is 37.0 Å². The Morgan fingerprint density at radius 1 is 1.04 bits per heavy atom. The number of hydrogen-bond acceptors (Lipinski definition) is 1. The topological polar surface area (TPSA) is 24.8 Å². The molecule has 3 nitrogen and oxygen atoms in total.